The molecule has 1 N–H and O–H groups in total. The van der Waals surface area contributed by atoms with Crippen molar-refractivity contribution >= 4 is 9.84 Å². The lowest BCUT2D eigenvalue weighted by Crippen LogP contribution is -2.05. The standard InChI is InChI=1S/C24H26FNO4S/c1-3-5-14-30-24-19(16-27)15-22(23(26-24)18-6-10-20(25)11-7-18)17-8-12-21(13-9-17)31(28,29)4-2/h6-13,15,27H,3-5,14,16H2,1-2H3. The third kappa shape index (κ3) is 5.29. The van der Waals surface area contributed by atoms with Gasteiger partial charge in [-0.05, 0) is 54.4 Å². The molecule has 0 aliphatic rings. The number of sulfone groups is 1. The fraction of sp³-hybridized carbons (Fsp3) is 0.292. The van der Waals surface area contributed by atoms with Crippen molar-refractivity contribution in [2.75, 3.05) is 12.4 Å². The number of aliphatic hydroxyl groups excluding tert-OH is 1. The first kappa shape index (κ1) is 22.9. The Hall–Kier alpha value is -2.77. The van der Waals surface area contributed by atoms with Crippen LogP contribution < -0.4 is 4.74 Å². The number of halogens is 1. The summed E-state index contributed by atoms with van der Waals surface area (Å²) in [6, 6.07) is 14.3. The maximum Gasteiger partial charge on any atom is 0.219 e. The molecule has 31 heavy (non-hydrogen) atoms. The molecule has 0 amide bonds. The predicted octanol–water partition coefficient (Wildman–Crippen LogP) is 5.02. The normalized spacial score (nSPS) is 11.5. The number of aromatic nitrogens is 1. The molecule has 3 rings (SSSR count). The number of unbranched alkanes of at least 4 members (excludes halogenated alkanes) is 1. The maximum absolute atomic E-state index is 13.5. The van der Waals surface area contributed by atoms with E-state index in [9.17, 15) is 17.9 Å². The number of hydrogen-bond donors (Lipinski definition) is 1. The van der Waals surface area contributed by atoms with Gasteiger partial charge in [0.25, 0.3) is 0 Å². The molecule has 2 aromatic carbocycles. The van der Waals surface area contributed by atoms with Crippen LogP contribution in [0, 0.1) is 5.82 Å². The fourth-order valence-corrected chi connectivity index (χ4v) is 4.03. The number of rotatable bonds is 9. The highest BCUT2D eigenvalue weighted by atomic mass is 32.2. The summed E-state index contributed by atoms with van der Waals surface area (Å²) in [4.78, 5) is 4.90. The van der Waals surface area contributed by atoms with E-state index in [1.165, 1.54) is 12.1 Å². The Labute approximate surface area is 182 Å². The average molecular weight is 444 g/mol. The van der Waals surface area contributed by atoms with Gasteiger partial charge in [0.2, 0.25) is 5.88 Å². The molecule has 164 valence electrons. The van der Waals surface area contributed by atoms with Crippen LogP contribution in [0.2, 0.25) is 0 Å². The van der Waals surface area contributed by atoms with Gasteiger partial charge >= 0.3 is 0 Å². The summed E-state index contributed by atoms with van der Waals surface area (Å²) in [5, 5.41) is 9.88. The zero-order chi connectivity index (χ0) is 22.4. The Bertz CT molecular complexity index is 1130. The summed E-state index contributed by atoms with van der Waals surface area (Å²) in [6.07, 6.45) is 1.82. The highest BCUT2D eigenvalue weighted by Crippen LogP contribution is 2.35. The van der Waals surface area contributed by atoms with E-state index in [0.717, 1.165) is 18.4 Å². The van der Waals surface area contributed by atoms with Crippen molar-refractivity contribution in [3.8, 4) is 28.3 Å². The number of pyridine rings is 1. The van der Waals surface area contributed by atoms with Gasteiger partial charge in [0, 0.05) is 16.7 Å². The second-order valence-corrected chi connectivity index (χ2v) is 9.42. The van der Waals surface area contributed by atoms with Crippen molar-refractivity contribution in [1.29, 1.82) is 0 Å². The Balaban J connectivity index is 2.14. The maximum atomic E-state index is 13.5. The minimum Gasteiger partial charge on any atom is -0.477 e. The van der Waals surface area contributed by atoms with Gasteiger partial charge in [0.1, 0.15) is 5.82 Å². The molecule has 1 heterocycles. The second kappa shape index (κ2) is 10.0. The summed E-state index contributed by atoms with van der Waals surface area (Å²) < 4.78 is 43.6. The molecule has 0 saturated heterocycles. The molecule has 5 nitrogen and oxygen atoms in total. The molecule has 0 bridgehead atoms. The molecule has 1 aromatic heterocycles. The first-order valence-electron chi connectivity index (χ1n) is 10.3. The van der Waals surface area contributed by atoms with Crippen LogP contribution in [-0.4, -0.2) is 30.9 Å². The Morgan fingerprint density at radius 2 is 1.65 bits per heavy atom. The summed E-state index contributed by atoms with van der Waals surface area (Å²) in [5.41, 5.74) is 3.21. The predicted molar refractivity (Wildman–Crippen MR) is 119 cm³/mol. The lowest BCUT2D eigenvalue weighted by atomic mass is 9.97. The SMILES string of the molecule is CCCCOc1nc(-c2ccc(F)cc2)c(-c2ccc(S(=O)(=O)CC)cc2)cc1CO. The number of ether oxygens (including phenoxy) is 1. The zero-order valence-electron chi connectivity index (χ0n) is 17.6. The van der Waals surface area contributed by atoms with Crippen LogP contribution in [0.25, 0.3) is 22.4 Å². The Morgan fingerprint density at radius 3 is 2.23 bits per heavy atom. The summed E-state index contributed by atoms with van der Waals surface area (Å²) in [5.74, 6) is 0.00253. The van der Waals surface area contributed by atoms with Crippen LogP contribution in [0.1, 0.15) is 32.3 Å². The van der Waals surface area contributed by atoms with Crippen LogP contribution in [0.15, 0.2) is 59.5 Å². The zero-order valence-corrected chi connectivity index (χ0v) is 18.5. The summed E-state index contributed by atoms with van der Waals surface area (Å²) in [6.45, 7) is 3.87. The van der Waals surface area contributed by atoms with Crippen LogP contribution in [0.5, 0.6) is 5.88 Å². The van der Waals surface area contributed by atoms with E-state index in [4.69, 9.17) is 4.74 Å². The monoisotopic (exact) mass is 443 g/mol. The molecule has 0 fully saturated rings. The minimum absolute atomic E-state index is 0.0210. The number of aliphatic hydroxyl groups is 1. The Morgan fingerprint density at radius 1 is 1.00 bits per heavy atom. The van der Waals surface area contributed by atoms with Crippen LogP contribution in [0.4, 0.5) is 4.39 Å². The molecule has 0 unspecified atom stereocenters. The first-order chi connectivity index (χ1) is 14.9. The molecular weight excluding hydrogens is 417 g/mol. The van der Waals surface area contributed by atoms with E-state index in [2.05, 4.69) is 11.9 Å². The van der Waals surface area contributed by atoms with Gasteiger partial charge in [-0.1, -0.05) is 32.4 Å². The van der Waals surface area contributed by atoms with Crippen molar-refractivity contribution < 1.29 is 22.7 Å². The number of hydrogen-bond acceptors (Lipinski definition) is 5. The lowest BCUT2D eigenvalue weighted by Gasteiger charge is -2.16. The average Bonchev–Trinajstić information content (AvgIpc) is 2.79. The third-order valence-electron chi connectivity index (χ3n) is 4.99. The molecule has 0 saturated carbocycles. The highest BCUT2D eigenvalue weighted by Gasteiger charge is 2.17. The fourth-order valence-electron chi connectivity index (χ4n) is 3.15. The van der Waals surface area contributed by atoms with Crippen LogP contribution in [0.3, 0.4) is 0 Å². The van der Waals surface area contributed by atoms with Gasteiger partial charge in [0.05, 0.1) is 29.6 Å². The second-order valence-electron chi connectivity index (χ2n) is 7.14. The van der Waals surface area contributed by atoms with E-state index >= 15 is 0 Å². The van der Waals surface area contributed by atoms with E-state index in [0.29, 0.717) is 34.9 Å². The van der Waals surface area contributed by atoms with Gasteiger partial charge in [-0.25, -0.2) is 17.8 Å². The van der Waals surface area contributed by atoms with Gasteiger partial charge < -0.3 is 9.84 Å². The van der Waals surface area contributed by atoms with Crippen molar-refractivity contribution in [3.63, 3.8) is 0 Å². The largest absolute Gasteiger partial charge is 0.477 e. The third-order valence-corrected chi connectivity index (χ3v) is 6.74. The molecular formula is C24H26FNO4S. The van der Waals surface area contributed by atoms with Crippen molar-refractivity contribution in [3.05, 3.63) is 66.0 Å². The van der Waals surface area contributed by atoms with Crippen molar-refractivity contribution in [2.45, 2.75) is 38.2 Å². The molecule has 0 aliphatic heterocycles. The van der Waals surface area contributed by atoms with Gasteiger partial charge in [0.15, 0.2) is 9.84 Å². The van der Waals surface area contributed by atoms with E-state index in [1.54, 1.807) is 49.4 Å². The number of nitrogens with zero attached hydrogens (tertiary/aromatic N) is 1. The van der Waals surface area contributed by atoms with Crippen LogP contribution >= 0.6 is 0 Å². The molecule has 0 atom stereocenters. The minimum atomic E-state index is -3.31. The van der Waals surface area contributed by atoms with Gasteiger partial charge in [-0.15, -0.1) is 0 Å². The quantitative estimate of drug-likeness (QED) is 0.470. The van der Waals surface area contributed by atoms with Crippen molar-refractivity contribution in [1.82, 2.24) is 4.98 Å². The summed E-state index contributed by atoms with van der Waals surface area (Å²) in [7, 11) is -3.31. The van der Waals surface area contributed by atoms with E-state index in [1.807, 2.05) is 0 Å². The first-order valence-corrected chi connectivity index (χ1v) is 11.9. The lowest BCUT2D eigenvalue weighted by molar-refractivity contribution is 0.255. The van der Waals surface area contributed by atoms with Crippen LogP contribution in [-0.2, 0) is 16.4 Å². The summed E-state index contributed by atoms with van der Waals surface area (Å²) >= 11 is 0. The van der Waals surface area contributed by atoms with E-state index < -0.39 is 9.84 Å². The molecule has 3 aromatic rings. The molecule has 0 aliphatic carbocycles. The van der Waals surface area contributed by atoms with Crippen molar-refractivity contribution in [2.24, 2.45) is 0 Å². The van der Waals surface area contributed by atoms with Gasteiger partial charge in [-0.2, -0.15) is 0 Å². The number of benzene rings is 2. The Kier molecular flexibility index (Phi) is 7.41. The highest BCUT2D eigenvalue weighted by molar-refractivity contribution is 7.91. The van der Waals surface area contributed by atoms with E-state index in [-0.39, 0.29) is 23.1 Å². The van der Waals surface area contributed by atoms with Gasteiger partial charge in [-0.3, -0.25) is 0 Å². The molecule has 7 heteroatoms. The molecule has 0 spiro atoms. The topological polar surface area (TPSA) is 76.5 Å². The molecule has 0 radical (unpaired) electrons. The smallest absolute Gasteiger partial charge is 0.219 e.